The molecule has 3 heteroatoms. The highest BCUT2D eigenvalue weighted by Crippen LogP contribution is 2.31. The number of hydrogen-bond acceptors (Lipinski definition) is 2. The van der Waals surface area contributed by atoms with Crippen LogP contribution in [0.2, 0.25) is 0 Å². The van der Waals surface area contributed by atoms with Gasteiger partial charge in [0.1, 0.15) is 11.6 Å². The lowest BCUT2D eigenvalue weighted by molar-refractivity contribution is 0.263. The summed E-state index contributed by atoms with van der Waals surface area (Å²) in [6.45, 7) is 1.66. The lowest BCUT2D eigenvalue weighted by Crippen LogP contribution is -2.23. The molecule has 0 aromatic heterocycles. The smallest absolute Gasteiger partial charge is 0.145 e. The molecule has 1 aromatic carbocycles. The predicted molar refractivity (Wildman–Crippen MR) is 64.8 cm³/mol. The van der Waals surface area contributed by atoms with E-state index in [1.807, 2.05) is 6.07 Å². The highest BCUT2D eigenvalue weighted by Gasteiger charge is 2.20. The zero-order valence-corrected chi connectivity index (χ0v) is 9.76. The summed E-state index contributed by atoms with van der Waals surface area (Å²) in [4.78, 5) is 0. The quantitative estimate of drug-likeness (QED) is 0.744. The first kappa shape index (κ1) is 10.6. The van der Waals surface area contributed by atoms with Crippen molar-refractivity contribution in [1.82, 2.24) is 5.32 Å². The fourth-order valence-electron chi connectivity index (χ4n) is 2.53. The highest BCUT2D eigenvalue weighted by molar-refractivity contribution is 5.67. The first-order chi connectivity index (χ1) is 8.34. The topological polar surface area (TPSA) is 21.3 Å². The Hall–Kier alpha value is -1.51. The number of rotatable bonds is 0. The Bertz CT molecular complexity index is 459. The number of nitrogens with one attached hydrogen (secondary N) is 1. The van der Waals surface area contributed by atoms with Crippen molar-refractivity contribution in [3.63, 3.8) is 0 Å². The van der Waals surface area contributed by atoms with Gasteiger partial charge in [0, 0.05) is 18.5 Å². The number of halogens is 1. The number of hydrogen-bond donors (Lipinski definition) is 1. The summed E-state index contributed by atoms with van der Waals surface area (Å²) in [6.07, 6.45) is 4.24. The number of ether oxygens (including phenoxy) is 1. The van der Waals surface area contributed by atoms with Crippen LogP contribution in [0.3, 0.4) is 0 Å². The van der Waals surface area contributed by atoms with E-state index in [0.717, 1.165) is 36.3 Å². The summed E-state index contributed by atoms with van der Waals surface area (Å²) in [6, 6.07) is 4.97. The van der Waals surface area contributed by atoms with Crippen molar-refractivity contribution in [3.05, 3.63) is 40.8 Å². The van der Waals surface area contributed by atoms with Crippen molar-refractivity contribution in [2.24, 2.45) is 0 Å². The number of benzene rings is 1. The predicted octanol–water partition coefficient (Wildman–Crippen LogP) is 2.84. The van der Waals surface area contributed by atoms with Gasteiger partial charge in [-0.05, 0) is 43.0 Å². The Balaban J connectivity index is 2.04. The van der Waals surface area contributed by atoms with Crippen LogP contribution in [0, 0.1) is 5.82 Å². The molecule has 2 heterocycles. The first-order valence-corrected chi connectivity index (χ1v) is 6.23. The van der Waals surface area contributed by atoms with Crippen LogP contribution in [0.1, 0.15) is 30.4 Å². The standard InChI is InChI=1S/C14H16FNO/c15-11-4-5-12-10(9-11)6-8-17-14(12)13-3-1-2-7-16-13/h4-5,9,16H,1-3,6-8H2/b14-13-. The summed E-state index contributed by atoms with van der Waals surface area (Å²) in [5, 5.41) is 3.41. The molecule has 0 saturated carbocycles. The molecule has 1 N–H and O–H groups in total. The normalized spacial score (nSPS) is 23.6. The Morgan fingerprint density at radius 2 is 2.12 bits per heavy atom. The molecule has 0 atom stereocenters. The maximum Gasteiger partial charge on any atom is 0.145 e. The lowest BCUT2D eigenvalue weighted by Gasteiger charge is -2.26. The van der Waals surface area contributed by atoms with E-state index in [1.165, 1.54) is 24.6 Å². The van der Waals surface area contributed by atoms with Crippen molar-refractivity contribution >= 4 is 5.76 Å². The molecule has 0 bridgehead atoms. The zero-order chi connectivity index (χ0) is 11.7. The lowest BCUT2D eigenvalue weighted by atomic mass is 9.97. The number of piperidine rings is 1. The highest BCUT2D eigenvalue weighted by atomic mass is 19.1. The van der Waals surface area contributed by atoms with Gasteiger partial charge in [0.05, 0.1) is 12.3 Å². The second-order valence-electron chi connectivity index (χ2n) is 4.59. The molecule has 90 valence electrons. The van der Waals surface area contributed by atoms with E-state index in [2.05, 4.69) is 5.32 Å². The van der Waals surface area contributed by atoms with Gasteiger partial charge < -0.3 is 10.1 Å². The van der Waals surface area contributed by atoms with Crippen molar-refractivity contribution in [2.75, 3.05) is 13.2 Å². The third-order valence-corrected chi connectivity index (χ3v) is 3.40. The van der Waals surface area contributed by atoms with Crippen LogP contribution in [0.4, 0.5) is 4.39 Å². The molecule has 0 amide bonds. The van der Waals surface area contributed by atoms with Gasteiger partial charge in [-0.3, -0.25) is 0 Å². The summed E-state index contributed by atoms with van der Waals surface area (Å²) in [5.41, 5.74) is 3.30. The molecule has 0 unspecified atom stereocenters. The summed E-state index contributed by atoms with van der Waals surface area (Å²) in [5.74, 6) is 0.776. The molecule has 0 spiro atoms. The Morgan fingerprint density at radius 3 is 2.94 bits per heavy atom. The zero-order valence-electron chi connectivity index (χ0n) is 9.76. The Kier molecular flexibility index (Phi) is 2.75. The van der Waals surface area contributed by atoms with Crippen LogP contribution in [0.5, 0.6) is 0 Å². The largest absolute Gasteiger partial charge is 0.491 e. The molecule has 3 rings (SSSR count). The van der Waals surface area contributed by atoms with E-state index in [4.69, 9.17) is 4.74 Å². The minimum atomic E-state index is -0.161. The number of allylic oxidation sites excluding steroid dienone is 1. The second kappa shape index (κ2) is 4.40. The van der Waals surface area contributed by atoms with Crippen LogP contribution >= 0.6 is 0 Å². The molecule has 1 saturated heterocycles. The van der Waals surface area contributed by atoms with Crippen molar-refractivity contribution in [2.45, 2.75) is 25.7 Å². The first-order valence-electron chi connectivity index (χ1n) is 6.23. The van der Waals surface area contributed by atoms with E-state index < -0.39 is 0 Å². The third-order valence-electron chi connectivity index (χ3n) is 3.40. The van der Waals surface area contributed by atoms with Crippen LogP contribution in [0.15, 0.2) is 23.9 Å². The molecular formula is C14H16FNO. The average molecular weight is 233 g/mol. The van der Waals surface area contributed by atoms with Gasteiger partial charge in [-0.25, -0.2) is 4.39 Å². The van der Waals surface area contributed by atoms with Crippen LogP contribution in [-0.4, -0.2) is 13.2 Å². The summed E-state index contributed by atoms with van der Waals surface area (Å²) < 4.78 is 19.0. The van der Waals surface area contributed by atoms with Crippen LogP contribution < -0.4 is 5.32 Å². The van der Waals surface area contributed by atoms with Gasteiger partial charge in [0.15, 0.2) is 0 Å². The van der Waals surface area contributed by atoms with Crippen LogP contribution in [0.25, 0.3) is 5.76 Å². The van der Waals surface area contributed by atoms with Crippen molar-refractivity contribution in [1.29, 1.82) is 0 Å². The minimum Gasteiger partial charge on any atom is -0.491 e. The van der Waals surface area contributed by atoms with Gasteiger partial charge in [0.25, 0.3) is 0 Å². The third kappa shape index (κ3) is 2.02. The fraction of sp³-hybridized carbons (Fsp3) is 0.429. The molecule has 1 fully saturated rings. The molecule has 0 radical (unpaired) electrons. The second-order valence-corrected chi connectivity index (χ2v) is 4.59. The van der Waals surface area contributed by atoms with Crippen molar-refractivity contribution in [3.8, 4) is 0 Å². The molecule has 2 aliphatic heterocycles. The Labute approximate surface area is 100 Å². The number of fused-ring (bicyclic) bond motifs is 1. The van der Waals surface area contributed by atoms with E-state index in [-0.39, 0.29) is 5.82 Å². The molecule has 1 aromatic rings. The van der Waals surface area contributed by atoms with Gasteiger partial charge >= 0.3 is 0 Å². The van der Waals surface area contributed by atoms with Crippen LogP contribution in [-0.2, 0) is 11.2 Å². The van der Waals surface area contributed by atoms with Gasteiger partial charge in [0.2, 0.25) is 0 Å². The van der Waals surface area contributed by atoms with Gasteiger partial charge in [-0.1, -0.05) is 0 Å². The van der Waals surface area contributed by atoms with Crippen molar-refractivity contribution < 1.29 is 9.13 Å². The van der Waals surface area contributed by atoms with E-state index >= 15 is 0 Å². The summed E-state index contributed by atoms with van der Waals surface area (Å²) in [7, 11) is 0. The molecule has 2 nitrogen and oxygen atoms in total. The molecule has 17 heavy (non-hydrogen) atoms. The maximum absolute atomic E-state index is 13.2. The summed E-state index contributed by atoms with van der Waals surface area (Å²) >= 11 is 0. The fourth-order valence-corrected chi connectivity index (χ4v) is 2.53. The van der Waals surface area contributed by atoms with Gasteiger partial charge in [-0.2, -0.15) is 0 Å². The molecule has 2 aliphatic rings. The molecule has 0 aliphatic carbocycles. The monoisotopic (exact) mass is 233 g/mol. The average Bonchev–Trinajstić information content (AvgIpc) is 2.39. The van der Waals surface area contributed by atoms with Gasteiger partial charge in [-0.15, -0.1) is 0 Å². The van der Waals surface area contributed by atoms with E-state index in [0.29, 0.717) is 6.61 Å². The van der Waals surface area contributed by atoms with E-state index in [1.54, 1.807) is 6.07 Å². The Morgan fingerprint density at radius 1 is 1.18 bits per heavy atom. The SMILES string of the molecule is Fc1ccc2c(c1)CCO/C2=C1/CCCCN1. The molecular weight excluding hydrogens is 217 g/mol. The van der Waals surface area contributed by atoms with E-state index in [9.17, 15) is 4.39 Å². The minimum absolute atomic E-state index is 0.161. The maximum atomic E-state index is 13.2.